The zero-order chi connectivity index (χ0) is 14.7. The molecule has 3 rings (SSSR count). The van der Waals surface area contributed by atoms with Gasteiger partial charge in [0.25, 0.3) is 0 Å². The van der Waals surface area contributed by atoms with Crippen molar-refractivity contribution in [2.45, 2.75) is 32.5 Å². The van der Waals surface area contributed by atoms with E-state index in [2.05, 4.69) is 44.1 Å². The number of hydrogen-bond acceptors (Lipinski definition) is 6. The van der Waals surface area contributed by atoms with E-state index >= 15 is 0 Å². The van der Waals surface area contributed by atoms with Gasteiger partial charge in [-0.05, 0) is 26.5 Å². The van der Waals surface area contributed by atoms with Crippen molar-refractivity contribution < 1.29 is 0 Å². The van der Waals surface area contributed by atoms with E-state index in [0.29, 0.717) is 6.04 Å². The second-order valence-electron chi connectivity index (χ2n) is 5.62. The predicted molar refractivity (Wildman–Crippen MR) is 84.0 cm³/mol. The first-order valence-corrected chi connectivity index (χ1v) is 8.18. The Morgan fingerprint density at radius 1 is 1.38 bits per heavy atom. The summed E-state index contributed by atoms with van der Waals surface area (Å²) in [5.41, 5.74) is 1.20. The molecule has 1 fully saturated rings. The van der Waals surface area contributed by atoms with Gasteiger partial charge in [0.2, 0.25) is 0 Å². The van der Waals surface area contributed by atoms with Crippen molar-refractivity contribution in [2.24, 2.45) is 0 Å². The fraction of sp³-hybridized carbons (Fsp3) is 0.533. The van der Waals surface area contributed by atoms with Crippen LogP contribution < -0.4 is 0 Å². The molecule has 0 saturated carbocycles. The van der Waals surface area contributed by atoms with Gasteiger partial charge in [-0.3, -0.25) is 9.80 Å². The summed E-state index contributed by atoms with van der Waals surface area (Å²) < 4.78 is 0. The Kier molecular flexibility index (Phi) is 4.57. The van der Waals surface area contributed by atoms with Gasteiger partial charge < -0.3 is 0 Å². The normalized spacial score (nSPS) is 19.5. The number of aryl methyl sites for hydroxylation is 1. The van der Waals surface area contributed by atoms with Crippen molar-refractivity contribution in [1.82, 2.24) is 24.8 Å². The van der Waals surface area contributed by atoms with Crippen molar-refractivity contribution in [1.29, 1.82) is 0 Å². The summed E-state index contributed by atoms with van der Waals surface area (Å²) in [7, 11) is 2.16. The fourth-order valence-corrected chi connectivity index (χ4v) is 3.39. The summed E-state index contributed by atoms with van der Waals surface area (Å²) in [6.45, 7) is 6.08. The molecule has 1 saturated heterocycles. The average molecular weight is 303 g/mol. The molecule has 0 spiro atoms. The number of aromatic nitrogens is 3. The lowest BCUT2D eigenvalue weighted by Crippen LogP contribution is -2.34. The van der Waals surface area contributed by atoms with Crippen molar-refractivity contribution in [2.75, 3.05) is 20.1 Å². The maximum absolute atomic E-state index is 4.56. The second-order valence-corrected chi connectivity index (χ2v) is 6.68. The van der Waals surface area contributed by atoms with Crippen molar-refractivity contribution >= 4 is 11.3 Å². The number of hydrogen-bond donors (Lipinski definition) is 0. The minimum absolute atomic E-state index is 0.577. The van der Waals surface area contributed by atoms with Crippen molar-refractivity contribution in [3.63, 3.8) is 0 Å². The Bertz CT molecular complexity index is 570. The van der Waals surface area contributed by atoms with Crippen LogP contribution in [0.15, 0.2) is 23.8 Å². The zero-order valence-corrected chi connectivity index (χ0v) is 13.4. The third-order valence-electron chi connectivity index (χ3n) is 3.93. The molecule has 1 aliphatic heterocycles. The minimum atomic E-state index is 0.577. The molecule has 112 valence electrons. The van der Waals surface area contributed by atoms with Crippen molar-refractivity contribution in [3.05, 3.63) is 40.4 Å². The Morgan fingerprint density at radius 2 is 2.19 bits per heavy atom. The van der Waals surface area contributed by atoms with Crippen LogP contribution in [-0.2, 0) is 13.1 Å². The molecule has 1 unspecified atom stereocenters. The third-order valence-corrected chi connectivity index (χ3v) is 4.76. The number of likely N-dealkylation sites (tertiary alicyclic amines) is 1. The van der Waals surface area contributed by atoms with Crippen molar-refractivity contribution in [3.8, 4) is 0 Å². The molecule has 2 aromatic heterocycles. The Labute approximate surface area is 129 Å². The lowest BCUT2D eigenvalue weighted by atomic mass is 10.2. The summed E-state index contributed by atoms with van der Waals surface area (Å²) in [6, 6.07) is 2.44. The first-order valence-electron chi connectivity index (χ1n) is 7.30. The van der Waals surface area contributed by atoms with E-state index < -0.39 is 0 Å². The zero-order valence-electron chi connectivity index (χ0n) is 12.6. The van der Waals surface area contributed by atoms with Gasteiger partial charge in [-0.1, -0.05) is 0 Å². The molecule has 21 heavy (non-hydrogen) atoms. The van der Waals surface area contributed by atoms with Gasteiger partial charge in [-0.25, -0.2) is 15.0 Å². The van der Waals surface area contributed by atoms with Crippen LogP contribution in [0.4, 0.5) is 0 Å². The van der Waals surface area contributed by atoms with E-state index in [1.165, 1.54) is 12.1 Å². The molecule has 1 atom stereocenters. The largest absolute Gasteiger partial charge is 0.296 e. The Hall–Kier alpha value is -1.37. The van der Waals surface area contributed by atoms with Crippen LogP contribution in [-0.4, -0.2) is 50.9 Å². The topological polar surface area (TPSA) is 45.2 Å². The molecule has 0 aliphatic carbocycles. The van der Waals surface area contributed by atoms with Gasteiger partial charge in [0.1, 0.15) is 5.82 Å². The van der Waals surface area contributed by atoms with Crippen LogP contribution in [0, 0.1) is 6.92 Å². The monoisotopic (exact) mass is 303 g/mol. The molecule has 0 bridgehead atoms. The summed E-state index contributed by atoms with van der Waals surface area (Å²) in [4.78, 5) is 18.0. The van der Waals surface area contributed by atoms with Gasteiger partial charge in [0.15, 0.2) is 0 Å². The second kappa shape index (κ2) is 6.60. The summed E-state index contributed by atoms with van der Waals surface area (Å²) in [6.07, 6.45) is 4.82. The maximum atomic E-state index is 4.56. The summed E-state index contributed by atoms with van der Waals surface area (Å²) in [5, 5.41) is 3.32. The molecule has 2 aromatic rings. The van der Waals surface area contributed by atoms with Crippen LogP contribution in [0.1, 0.15) is 22.9 Å². The van der Waals surface area contributed by atoms with E-state index in [9.17, 15) is 0 Å². The fourth-order valence-electron chi connectivity index (χ4n) is 2.79. The lowest BCUT2D eigenvalue weighted by molar-refractivity contribution is 0.218. The van der Waals surface area contributed by atoms with Gasteiger partial charge in [-0.15, -0.1) is 11.3 Å². The molecule has 1 aliphatic rings. The molecular formula is C15H21N5S. The van der Waals surface area contributed by atoms with Crippen LogP contribution in [0.25, 0.3) is 0 Å². The first-order chi connectivity index (χ1) is 10.2. The van der Waals surface area contributed by atoms with Crippen LogP contribution in [0.3, 0.4) is 0 Å². The highest BCUT2D eigenvalue weighted by Crippen LogP contribution is 2.19. The molecule has 0 amide bonds. The van der Waals surface area contributed by atoms with Gasteiger partial charge in [0.05, 0.1) is 17.2 Å². The van der Waals surface area contributed by atoms with E-state index in [0.717, 1.165) is 37.0 Å². The maximum Gasteiger partial charge on any atom is 0.142 e. The Balaban J connectivity index is 1.52. The highest BCUT2D eigenvalue weighted by atomic mass is 32.1. The smallest absolute Gasteiger partial charge is 0.142 e. The summed E-state index contributed by atoms with van der Waals surface area (Å²) in [5.74, 6) is 0.897. The van der Waals surface area contributed by atoms with Crippen LogP contribution in [0.5, 0.6) is 0 Å². The molecular weight excluding hydrogens is 282 g/mol. The first kappa shape index (κ1) is 14.6. The van der Waals surface area contributed by atoms with Gasteiger partial charge >= 0.3 is 0 Å². The third kappa shape index (κ3) is 3.84. The van der Waals surface area contributed by atoms with Gasteiger partial charge in [-0.2, -0.15) is 0 Å². The number of thiazole rings is 1. The van der Waals surface area contributed by atoms with E-state index in [4.69, 9.17) is 0 Å². The molecule has 5 nitrogen and oxygen atoms in total. The standard InChI is InChI=1S/C15H21N5S/c1-12-18-13(11-21-12)8-20-7-4-14(9-20)19(2)10-15-16-5-3-6-17-15/h3,5-6,11,14H,4,7-10H2,1-2H3. The highest BCUT2D eigenvalue weighted by Gasteiger charge is 2.26. The van der Waals surface area contributed by atoms with Crippen LogP contribution in [0.2, 0.25) is 0 Å². The quantitative estimate of drug-likeness (QED) is 0.845. The minimum Gasteiger partial charge on any atom is -0.296 e. The van der Waals surface area contributed by atoms with Gasteiger partial charge in [0, 0.05) is 43.4 Å². The molecule has 0 N–H and O–H groups in total. The molecule has 3 heterocycles. The SMILES string of the molecule is Cc1nc(CN2CCC(N(C)Cc3ncccn3)C2)cs1. The number of likely N-dealkylation sites (N-methyl/N-ethyl adjacent to an activating group) is 1. The van der Waals surface area contributed by atoms with E-state index in [1.54, 1.807) is 11.3 Å². The van der Waals surface area contributed by atoms with Crippen LogP contribution >= 0.6 is 11.3 Å². The van der Waals surface area contributed by atoms with E-state index in [-0.39, 0.29) is 0 Å². The summed E-state index contributed by atoms with van der Waals surface area (Å²) >= 11 is 1.73. The lowest BCUT2D eigenvalue weighted by Gasteiger charge is -2.23. The average Bonchev–Trinajstić information content (AvgIpc) is 3.10. The highest BCUT2D eigenvalue weighted by molar-refractivity contribution is 7.09. The number of rotatable bonds is 5. The van der Waals surface area contributed by atoms with E-state index in [1.807, 2.05) is 18.5 Å². The number of nitrogens with zero attached hydrogens (tertiary/aromatic N) is 5. The predicted octanol–water partition coefficient (Wildman–Crippen LogP) is 1.95. The Morgan fingerprint density at radius 3 is 2.90 bits per heavy atom. The molecule has 6 heteroatoms. The molecule has 0 radical (unpaired) electrons. The molecule has 0 aromatic carbocycles.